The summed E-state index contributed by atoms with van der Waals surface area (Å²) in [6.07, 6.45) is 1.79. The third-order valence-electron chi connectivity index (χ3n) is 2.90. The molecule has 0 heterocycles. The van der Waals surface area contributed by atoms with Crippen LogP contribution in [0.1, 0.15) is 11.1 Å². The van der Waals surface area contributed by atoms with Gasteiger partial charge in [0, 0.05) is 22.5 Å². The lowest BCUT2D eigenvalue weighted by Gasteiger charge is -2.08. The fraction of sp³-hybridized carbons (Fsp3) is 0.125. The summed E-state index contributed by atoms with van der Waals surface area (Å²) in [7, 11) is 1.50. The summed E-state index contributed by atoms with van der Waals surface area (Å²) >= 11 is 12.0. The van der Waals surface area contributed by atoms with E-state index in [2.05, 4.69) is 0 Å². The van der Waals surface area contributed by atoms with Crippen LogP contribution in [0.2, 0.25) is 5.02 Å². The van der Waals surface area contributed by atoms with E-state index in [4.69, 9.17) is 27.9 Å². The summed E-state index contributed by atoms with van der Waals surface area (Å²) in [5, 5.41) is 0.601. The van der Waals surface area contributed by atoms with Gasteiger partial charge >= 0.3 is 0 Å². The van der Waals surface area contributed by atoms with E-state index in [9.17, 15) is 4.39 Å². The number of allylic oxidation sites excluding steroid dienone is 1. The maximum atomic E-state index is 14.1. The van der Waals surface area contributed by atoms with Gasteiger partial charge in [-0.2, -0.15) is 0 Å². The predicted octanol–water partition coefficient (Wildman–Crippen LogP) is 5.27. The molecule has 0 atom stereocenters. The molecule has 2 aromatic carbocycles. The van der Waals surface area contributed by atoms with E-state index in [0.717, 1.165) is 5.56 Å². The van der Waals surface area contributed by atoms with Crippen molar-refractivity contribution in [3.63, 3.8) is 0 Å². The van der Waals surface area contributed by atoms with Crippen LogP contribution in [0.4, 0.5) is 4.39 Å². The molecule has 0 radical (unpaired) electrons. The van der Waals surface area contributed by atoms with Gasteiger partial charge in [0.05, 0.1) is 7.11 Å². The highest BCUT2D eigenvalue weighted by Crippen LogP contribution is 2.27. The van der Waals surface area contributed by atoms with Crippen LogP contribution < -0.4 is 4.74 Å². The summed E-state index contributed by atoms with van der Waals surface area (Å²) in [5.74, 6) is 0.287. The number of hydrogen-bond acceptors (Lipinski definition) is 1. The van der Waals surface area contributed by atoms with Gasteiger partial charge in [0.2, 0.25) is 0 Å². The molecule has 104 valence electrons. The lowest BCUT2D eigenvalue weighted by molar-refractivity contribution is 0.411. The zero-order chi connectivity index (χ0) is 14.5. The molecule has 1 nitrogen and oxygen atoms in total. The highest BCUT2D eigenvalue weighted by atomic mass is 35.5. The zero-order valence-electron chi connectivity index (χ0n) is 10.9. The fourth-order valence-corrected chi connectivity index (χ4v) is 2.26. The van der Waals surface area contributed by atoms with Crippen molar-refractivity contribution in [2.75, 3.05) is 13.0 Å². The molecule has 0 aliphatic heterocycles. The first-order chi connectivity index (χ1) is 9.65. The van der Waals surface area contributed by atoms with E-state index in [1.165, 1.54) is 13.2 Å². The van der Waals surface area contributed by atoms with Gasteiger partial charge in [0.15, 0.2) is 0 Å². The topological polar surface area (TPSA) is 9.23 Å². The molecule has 0 amide bonds. The summed E-state index contributed by atoms with van der Waals surface area (Å²) < 4.78 is 19.1. The maximum Gasteiger partial charge on any atom is 0.134 e. The summed E-state index contributed by atoms with van der Waals surface area (Å²) in [5.41, 5.74) is 1.92. The molecule has 0 saturated carbocycles. The van der Waals surface area contributed by atoms with Gasteiger partial charge in [0.1, 0.15) is 11.6 Å². The second-order valence-electron chi connectivity index (χ2n) is 4.17. The predicted molar refractivity (Wildman–Crippen MR) is 83.0 cm³/mol. The molecule has 0 spiro atoms. The molecule has 0 aliphatic rings. The standard InChI is InChI=1S/C16H13Cl2FO/c1-20-13-6-7-14(16(19)9-13)12(10-17)8-11-4-2-3-5-15(11)18/h2-9H,10H2,1H3/b12-8+. The Bertz CT molecular complexity index is 638. The van der Waals surface area contributed by atoms with Crippen LogP contribution in [-0.4, -0.2) is 13.0 Å². The van der Waals surface area contributed by atoms with Crippen LogP contribution in [0.5, 0.6) is 5.75 Å². The van der Waals surface area contributed by atoms with Gasteiger partial charge in [0.25, 0.3) is 0 Å². The third kappa shape index (κ3) is 3.33. The second kappa shape index (κ2) is 6.78. The molecule has 0 aromatic heterocycles. The summed E-state index contributed by atoms with van der Waals surface area (Å²) in [6, 6.07) is 12.0. The normalized spacial score (nSPS) is 11.5. The number of methoxy groups -OCH3 is 1. The van der Waals surface area contributed by atoms with Crippen LogP contribution in [0.15, 0.2) is 42.5 Å². The minimum atomic E-state index is -0.372. The number of benzene rings is 2. The first-order valence-electron chi connectivity index (χ1n) is 6.00. The highest BCUT2D eigenvalue weighted by Gasteiger charge is 2.09. The first kappa shape index (κ1) is 14.9. The van der Waals surface area contributed by atoms with Crippen LogP contribution >= 0.6 is 23.2 Å². The number of ether oxygens (including phenoxy) is 1. The molecule has 4 heteroatoms. The van der Waals surface area contributed by atoms with Crippen molar-refractivity contribution < 1.29 is 9.13 Å². The van der Waals surface area contributed by atoms with Crippen molar-refractivity contribution in [1.82, 2.24) is 0 Å². The molecular formula is C16H13Cl2FO. The Labute approximate surface area is 127 Å². The SMILES string of the molecule is COc1ccc(/C(=C/c2ccccc2Cl)CCl)c(F)c1. The van der Waals surface area contributed by atoms with Gasteiger partial charge in [-0.3, -0.25) is 0 Å². The third-order valence-corrected chi connectivity index (χ3v) is 3.53. The van der Waals surface area contributed by atoms with Gasteiger partial charge in [-0.25, -0.2) is 4.39 Å². The quantitative estimate of drug-likeness (QED) is 0.552. The van der Waals surface area contributed by atoms with E-state index < -0.39 is 0 Å². The maximum absolute atomic E-state index is 14.1. The van der Waals surface area contributed by atoms with Gasteiger partial charge in [-0.1, -0.05) is 29.8 Å². The van der Waals surface area contributed by atoms with Crippen molar-refractivity contribution in [2.45, 2.75) is 0 Å². The Morgan fingerprint density at radius 2 is 2.00 bits per heavy atom. The van der Waals surface area contributed by atoms with Crippen molar-refractivity contribution in [3.05, 3.63) is 64.4 Å². The minimum Gasteiger partial charge on any atom is -0.497 e. The minimum absolute atomic E-state index is 0.189. The molecule has 20 heavy (non-hydrogen) atoms. The number of alkyl halides is 1. The van der Waals surface area contributed by atoms with E-state index in [1.54, 1.807) is 24.3 Å². The van der Waals surface area contributed by atoms with Gasteiger partial charge in [-0.05, 0) is 35.4 Å². The van der Waals surface area contributed by atoms with Crippen LogP contribution in [0.25, 0.3) is 11.6 Å². The average Bonchev–Trinajstić information content (AvgIpc) is 2.47. The van der Waals surface area contributed by atoms with Crippen molar-refractivity contribution in [1.29, 1.82) is 0 Å². The number of hydrogen-bond donors (Lipinski definition) is 0. The van der Waals surface area contributed by atoms with Crippen molar-refractivity contribution in [2.24, 2.45) is 0 Å². The smallest absolute Gasteiger partial charge is 0.134 e. The van der Waals surface area contributed by atoms with E-state index >= 15 is 0 Å². The monoisotopic (exact) mass is 310 g/mol. The van der Waals surface area contributed by atoms with E-state index in [-0.39, 0.29) is 11.7 Å². The zero-order valence-corrected chi connectivity index (χ0v) is 12.4. The number of halogens is 3. The molecule has 0 saturated heterocycles. The second-order valence-corrected chi connectivity index (χ2v) is 4.84. The molecule has 0 aliphatic carbocycles. The Morgan fingerprint density at radius 3 is 2.60 bits per heavy atom. The lowest BCUT2D eigenvalue weighted by Crippen LogP contribution is -1.93. The largest absolute Gasteiger partial charge is 0.497 e. The van der Waals surface area contributed by atoms with E-state index in [1.807, 2.05) is 18.2 Å². The highest BCUT2D eigenvalue weighted by molar-refractivity contribution is 6.32. The van der Waals surface area contributed by atoms with Crippen molar-refractivity contribution in [3.8, 4) is 5.75 Å². The van der Waals surface area contributed by atoms with Crippen molar-refractivity contribution >= 4 is 34.9 Å². The molecule has 2 aromatic rings. The molecular weight excluding hydrogens is 298 g/mol. The molecule has 0 unspecified atom stereocenters. The van der Waals surface area contributed by atoms with Crippen LogP contribution in [0, 0.1) is 5.82 Å². The Balaban J connectivity index is 2.45. The van der Waals surface area contributed by atoms with Crippen LogP contribution in [-0.2, 0) is 0 Å². The fourth-order valence-electron chi connectivity index (χ4n) is 1.85. The van der Waals surface area contributed by atoms with Crippen LogP contribution in [0.3, 0.4) is 0 Å². The average molecular weight is 311 g/mol. The lowest BCUT2D eigenvalue weighted by atomic mass is 10.0. The molecule has 0 bridgehead atoms. The van der Waals surface area contributed by atoms with E-state index in [0.29, 0.717) is 21.9 Å². The summed E-state index contributed by atoms with van der Waals surface area (Å²) in [4.78, 5) is 0. The Kier molecular flexibility index (Phi) is 5.05. The Hall–Kier alpha value is -1.51. The Morgan fingerprint density at radius 1 is 1.25 bits per heavy atom. The van der Waals surface area contributed by atoms with Gasteiger partial charge < -0.3 is 4.74 Å². The number of rotatable bonds is 4. The molecule has 2 rings (SSSR count). The first-order valence-corrected chi connectivity index (χ1v) is 6.92. The molecule has 0 fully saturated rings. The molecule has 0 N–H and O–H groups in total. The van der Waals surface area contributed by atoms with Gasteiger partial charge in [-0.15, -0.1) is 11.6 Å². The summed E-state index contributed by atoms with van der Waals surface area (Å²) in [6.45, 7) is 0.